The lowest BCUT2D eigenvalue weighted by atomic mass is 9.98. The molecule has 1 aliphatic rings. The second-order valence-electron chi connectivity index (χ2n) is 5.24. The molecule has 1 aliphatic heterocycles. The van der Waals surface area contributed by atoms with Crippen LogP contribution in [-0.2, 0) is 6.42 Å². The van der Waals surface area contributed by atoms with Crippen molar-refractivity contribution in [3.8, 4) is 5.75 Å². The zero-order chi connectivity index (χ0) is 14.1. The van der Waals surface area contributed by atoms with Gasteiger partial charge in [0.15, 0.2) is 0 Å². The Morgan fingerprint density at radius 2 is 1.95 bits per heavy atom. The summed E-state index contributed by atoms with van der Waals surface area (Å²) < 4.78 is 5.21. The molecule has 1 atom stereocenters. The minimum atomic E-state index is -0.610. The number of hydrogen-bond donors (Lipinski definition) is 1. The molecule has 2 aromatic rings. The summed E-state index contributed by atoms with van der Waals surface area (Å²) in [4.78, 5) is 2.25. The maximum Gasteiger partial charge on any atom is 0.119 e. The van der Waals surface area contributed by atoms with Gasteiger partial charge in [0.05, 0.1) is 7.11 Å². The predicted molar refractivity (Wildman–Crippen MR) is 80.5 cm³/mol. The minimum absolute atomic E-state index is 0.610. The second-order valence-corrected chi connectivity index (χ2v) is 5.24. The SMILES string of the molecule is COc1cccc(C(O)c2ccc3c(c2)CCN3C)c1. The number of benzene rings is 2. The Morgan fingerprint density at radius 1 is 1.15 bits per heavy atom. The molecule has 3 heteroatoms. The number of methoxy groups -OCH3 is 1. The van der Waals surface area contributed by atoms with E-state index in [4.69, 9.17) is 4.74 Å². The molecule has 0 fully saturated rings. The zero-order valence-corrected chi connectivity index (χ0v) is 11.8. The van der Waals surface area contributed by atoms with Crippen LogP contribution in [0.5, 0.6) is 5.75 Å². The van der Waals surface area contributed by atoms with E-state index >= 15 is 0 Å². The van der Waals surface area contributed by atoms with Crippen molar-refractivity contribution < 1.29 is 9.84 Å². The van der Waals surface area contributed by atoms with E-state index < -0.39 is 6.10 Å². The number of fused-ring (bicyclic) bond motifs is 1. The van der Waals surface area contributed by atoms with Gasteiger partial charge in [0.2, 0.25) is 0 Å². The van der Waals surface area contributed by atoms with Crippen LogP contribution in [0.4, 0.5) is 5.69 Å². The third kappa shape index (κ3) is 2.25. The normalized spacial score (nSPS) is 15.1. The van der Waals surface area contributed by atoms with Gasteiger partial charge in [-0.1, -0.05) is 24.3 Å². The maximum atomic E-state index is 10.5. The third-order valence-corrected chi connectivity index (χ3v) is 3.96. The molecular formula is C17H19NO2. The summed E-state index contributed by atoms with van der Waals surface area (Å²) >= 11 is 0. The number of aliphatic hydroxyl groups excluding tert-OH is 1. The largest absolute Gasteiger partial charge is 0.497 e. The molecule has 1 N–H and O–H groups in total. The first-order valence-electron chi connectivity index (χ1n) is 6.85. The van der Waals surface area contributed by atoms with Gasteiger partial charge in [0.1, 0.15) is 11.9 Å². The molecule has 0 bridgehead atoms. The Bertz CT molecular complexity index is 624. The summed E-state index contributed by atoms with van der Waals surface area (Å²) in [6.07, 6.45) is 0.436. The molecule has 2 aromatic carbocycles. The van der Waals surface area contributed by atoms with E-state index in [1.165, 1.54) is 11.3 Å². The van der Waals surface area contributed by atoms with E-state index in [2.05, 4.69) is 24.1 Å². The van der Waals surface area contributed by atoms with Gasteiger partial charge in [-0.2, -0.15) is 0 Å². The van der Waals surface area contributed by atoms with Crippen LogP contribution in [0.25, 0.3) is 0 Å². The topological polar surface area (TPSA) is 32.7 Å². The first-order valence-corrected chi connectivity index (χ1v) is 6.85. The smallest absolute Gasteiger partial charge is 0.119 e. The van der Waals surface area contributed by atoms with Crippen LogP contribution in [0.1, 0.15) is 22.8 Å². The molecule has 0 spiro atoms. The van der Waals surface area contributed by atoms with Crippen LogP contribution >= 0.6 is 0 Å². The third-order valence-electron chi connectivity index (χ3n) is 3.96. The number of anilines is 1. The van der Waals surface area contributed by atoms with Crippen LogP contribution in [0.15, 0.2) is 42.5 Å². The number of ether oxygens (including phenoxy) is 1. The molecule has 0 amide bonds. The van der Waals surface area contributed by atoms with Crippen molar-refractivity contribution >= 4 is 5.69 Å². The highest BCUT2D eigenvalue weighted by molar-refractivity contribution is 5.59. The van der Waals surface area contributed by atoms with Crippen molar-refractivity contribution in [3.05, 3.63) is 59.2 Å². The zero-order valence-electron chi connectivity index (χ0n) is 11.8. The summed E-state index contributed by atoms with van der Waals surface area (Å²) in [6.45, 7) is 1.05. The molecule has 20 heavy (non-hydrogen) atoms. The Morgan fingerprint density at radius 3 is 2.75 bits per heavy atom. The van der Waals surface area contributed by atoms with E-state index in [-0.39, 0.29) is 0 Å². The molecule has 0 saturated heterocycles. The Kier molecular flexibility index (Phi) is 3.36. The summed E-state index contributed by atoms with van der Waals surface area (Å²) in [5.74, 6) is 0.766. The maximum absolute atomic E-state index is 10.5. The van der Waals surface area contributed by atoms with Crippen molar-refractivity contribution in [1.82, 2.24) is 0 Å². The Balaban J connectivity index is 1.92. The highest BCUT2D eigenvalue weighted by Crippen LogP contribution is 2.32. The average Bonchev–Trinajstić information content (AvgIpc) is 2.87. The fourth-order valence-electron chi connectivity index (χ4n) is 2.76. The molecule has 1 unspecified atom stereocenters. The molecular weight excluding hydrogens is 250 g/mol. The number of aliphatic hydroxyl groups is 1. The van der Waals surface area contributed by atoms with Crippen LogP contribution < -0.4 is 9.64 Å². The van der Waals surface area contributed by atoms with Crippen LogP contribution in [0.2, 0.25) is 0 Å². The van der Waals surface area contributed by atoms with Gasteiger partial charge in [0.25, 0.3) is 0 Å². The first-order chi connectivity index (χ1) is 9.69. The quantitative estimate of drug-likeness (QED) is 0.930. The Hall–Kier alpha value is -2.00. The summed E-state index contributed by atoms with van der Waals surface area (Å²) in [5, 5.41) is 10.5. The van der Waals surface area contributed by atoms with E-state index in [9.17, 15) is 5.11 Å². The van der Waals surface area contributed by atoms with Gasteiger partial charge >= 0.3 is 0 Å². The number of nitrogens with zero attached hydrogens (tertiary/aromatic N) is 1. The summed E-state index contributed by atoms with van der Waals surface area (Å²) in [7, 11) is 3.74. The monoisotopic (exact) mass is 269 g/mol. The first kappa shape index (κ1) is 13.0. The molecule has 3 rings (SSSR count). The van der Waals surface area contributed by atoms with Gasteiger partial charge < -0.3 is 14.7 Å². The molecule has 3 nitrogen and oxygen atoms in total. The highest BCUT2D eigenvalue weighted by Gasteiger charge is 2.18. The van der Waals surface area contributed by atoms with Crippen molar-refractivity contribution in [3.63, 3.8) is 0 Å². The lowest BCUT2D eigenvalue weighted by Gasteiger charge is -2.15. The van der Waals surface area contributed by atoms with Crippen LogP contribution in [0.3, 0.4) is 0 Å². The van der Waals surface area contributed by atoms with Gasteiger partial charge in [-0.3, -0.25) is 0 Å². The van der Waals surface area contributed by atoms with E-state index in [0.717, 1.165) is 29.8 Å². The molecule has 0 saturated carbocycles. The predicted octanol–water partition coefficient (Wildman–Crippen LogP) is 2.77. The fraction of sp³-hybridized carbons (Fsp3) is 0.294. The minimum Gasteiger partial charge on any atom is -0.497 e. The van der Waals surface area contributed by atoms with Gasteiger partial charge in [0, 0.05) is 19.3 Å². The highest BCUT2D eigenvalue weighted by atomic mass is 16.5. The Labute approximate surface area is 119 Å². The molecule has 1 heterocycles. The van der Waals surface area contributed by atoms with Crippen molar-refractivity contribution in [2.45, 2.75) is 12.5 Å². The molecule has 0 aromatic heterocycles. The van der Waals surface area contributed by atoms with Gasteiger partial charge in [-0.25, -0.2) is 0 Å². The fourth-order valence-corrected chi connectivity index (χ4v) is 2.76. The molecule has 0 radical (unpaired) electrons. The molecule has 0 aliphatic carbocycles. The van der Waals surface area contributed by atoms with Crippen molar-refractivity contribution in [2.24, 2.45) is 0 Å². The van der Waals surface area contributed by atoms with Crippen molar-refractivity contribution in [1.29, 1.82) is 0 Å². The number of likely N-dealkylation sites (N-methyl/N-ethyl adjacent to an activating group) is 1. The van der Waals surface area contributed by atoms with Crippen LogP contribution in [-0.4, -0.2) is 25.8 Å². The average molecular weight is 269 g/mol. The lowest BCUT2D eigenvalue weighted by Crippen LogP contribution is -2.12. The number of rotatable bonds is 3. The van der Waals surface area contributed by atoms with Gasteiger partial charge in [-0.05, 0) is 41.3 Å². The summed E-state index contributed by atoms with van der Waals surface area (Å²) in [5.41, 5.74) is 4.38. The molecule has 104 valence electrons. The van der Waals surface area contributed by atoms with Crippen LogP contribution in [0, 0.1) is 0 Å². The second kappa shape index (κ2) is 5.17. The van der Waals surface area contributed by atoms with E-state index in [0.29, 0.717) is 0 Å². The number of hydrogen-bond acceptors (Lipinski definition) is 3. The van der Waals surface area contributed by atoms with E-state index in [1.807, 2.05) is 30.3 Å². The van der Waals surface area contributed by atoms with E-state index in [1.54, 1.807) is 7.11 Å². The van der Waals surface area contributed by atoms with Crippen molar-refractivity contribution in [2.75, 3.05) is 25.6 Å². The summed E-state index contributed by atoms with van der Waals surface area (Å²) in [6, 6.07) is 13.8. The standard InChI is InChI=1S/C17H19NO2/c1-18-9-8-12-10-14(6-7-16(12)18)17(19)13-4-3-5-15(11-13)20-2/h3-7,10-11,17,19H,8-9H2,1-2H3. The van der Waals surface area contributed by atoms with Gasteiger partial charge in [-0.15, -0.1) is 0 Å². The lowest BCUT2D eigenvalue weighted by molar-refractivity contribution is 0.219.